The highest BCUT2D eigenvalue weighted by Crippen LogP contribution is 2.31. The SMILES string of the molecule is NC(=O)C1CCCN(C(=O)c2cccnc2Nc2cccc(C(F)(F)F)c2)C1. The zero-order valence-electron chi connectivity index (χ0n) is 14.9. The van der Waals surface area contributed by atoms with Crippen LogP contribution >= 0.6 is 0 Å². The number of halogens is 3. The Balaban J connectivity index is 1.84. The van der Waals surface area contributed by atoms with Crippen molar-refractivity contribution in [1.29, 1.82) is 0 Å². The molecular formula is C19H19F3N4O2. The van der Waals surface area contributed by atoms with E-state index in [0.29, 0.717) is 19.4 Å². The van der Waals surface area contributed by atoms with Crippen molar-refractivity contribution < 1.29 is 22.8 Å². The maximum atomic E-state index is 12.9. The number of rotatable bonds is 4. The predicted molar refractivity (Wildman–Crippen MR) is 96.8 cm³/mol. The molecule has 1 aromatic carbocycles. The van der Waals surface area contributed by atoms with E-state index in [-0.39, 0.29) is 29.5 Å². The zero-order chi connectivity index (χ0) is 20.3. The van der Waals surface area contributed by atoms with E-state index < -0.39 is 23.6 Å². The number of likely N-dealkylation sites (tertiary alicyclic amines) is 1. The van der Waals surface area contributed by atoms with Crippen molar-refractivity contribution in [2.24, 2.45) is 11.7 Å². The molecule has 0 radical (unpaired) electrons. The summed E-state index contributed by atoms with van der Waals surface area (Å²) in [5.41, 5.74) is 4.93. The molecule has 0 bridgehead atoms. The van der Waals surface area contributed by atoms with E-state index in [2.05, 4.69) is 10.3 Å². The number of pyridine rings is 1. The van der Waals surface area contributed by atoms with Crippen LogP contribution in [0.15, 0.2) is 42.6 Å². The van der Waals surface area contributed by atoms with E-state index in [9.17, 15) is 22.8 Å². The molecule has 2 aromatic rings. The van der Waals surface area contributed by atoms with Crippen LogP contribution in [0.25, 0.3) is 0 Å². The number of alkyl halides is 3. The lowest BCUT2D eigenvalue weighted by atomic mass is 9.97. The van der Waals surface area contributed by atoms with Gasteiger partial charge >= 0.3 is 6.18 Å². The fraction of sp³-hybridized carbons (Fsp3) is 0.316. The number of aromatic nitrogens is 1. The van der Waals surface area contributed by atoms with Gasteiger partial charge in [-0.25, -0.2) is 4.98 Å². The molecule has 2 amide bonds. The number of amides is 2. The van der Waals surface area contributed by atoms with Crippen LogP contribution in [-0.2, 0) is 11.0 Å². The molecule has 0 aliphatic carbocycles. The number of hydrogen-bond acceptors (Lipinski definition) is 4. The van der Waals surface area contributed by atoms with Gasteiger partial charge in [0.2, 0.25) is 5.91 Å². The number of piperidine rings is 1. The summed E-state index contributed by atoms with van der Waals surface area (Å²) in [6.45, 7) is 0.687. The Morgan fingerprint density at radius 1 is 1.21 bits per heavy atom. The van der Waals surface area contributed by atoms with E-state index in [1.165, 1.54) is 23.2 Å². The molecule has 1 atom stereocenters. The Morgan fingerprint density at radius 3 is 2.71 bits per heavy atom. The number of carbonyl (C=O) groups excluding carboxylic acids is 2. The molecular weight excluding hydrogens is 373 g/mol. The molecule has 0 saturated carbocycles. The third-order valence-electron chi connectivity index (χ3n) is 4.60. The predicted octanol–water partition coefficient (Wildman–Crippen LogP) is 3.18. The highest BCUT2D eigenvalue weighted by Gasteiger charge is 2.31. The van der Waals surface area contributed by atoms with Crippen molar-refractivity contribution in [1.82, 2.24) is 9.88 Å². The van der Waals surface area contributed by atoms with E-state index in [4.69, 9.17) is 5.73 Å². The Morgan fingerprint density at radius 2 is 2.00 bits per heavy atom. The third-order valence-corrected chi connectivity index (χ3v) is 4.60. The molecule has 28 heavy (non-hydrogen) atoms. The number of benzene rings is 1. The molecule has 3 N–H and O–H groups in total. The highest BCUT2D eigenvalue weighted by atomic mass is 19.4. The summed E-state index contributed by atoms with van der Waals surface area (Å²) in [7, 11) is 0. The molecule has 3 rings (SSSR count). The maximum absolute atomic E-state index is 12.9. The topological polar surface area (TPSA) is 88.3 Å². The van der Waals surface area contributed by atoms with Crippen LogP contribution < -0.4 is 11.1 Å². The quantitative estimate of drug-likeness (QED) is 0.837. The summed E-state index contributed by atoms with van der Waals surface area (Å²) in [5, 5.41) is 2.79. The van der Waals surface area contributed by atoms with Gasteiger partial charge in [-0.2, -0.15) is 13.2 Å². The molecule has 148 valence electrons. The summed E-state index contributed by atoms with van der Waals surface area (Å²) in [4.78, 5) is 30.0. The normalized spacial score (nSPS) is 17.2. The number of carbonyl (C=O) groups is 2. The average molecular weight is 392 g/mol. The first-order valence-electron chi connectivity index (χ1n) is 8.73. The standard InChI is InChI=1S/C19H19F3N4O2/c20-19(21,22)13-5-1-6-14(10-13)25-17-15(7-2-8-24-17)18(28)26-9-3-4-12(11-26)16(23)27/h1-2,5-8,10,12H,3-4,9,11H2,(H2,23,27)(H,24,25). The Bertz CT molecular complexity index is 885. The van der Waals surface area contributed by atoms with Gasteiger partial charge in [0.15, 0.2) is 0 Å². The highest BCUT2D eigenvalue weighted by molar-refractivity contribution is 5.99. The van der Waals surface area contributed by atoms with Gasteiger partial charge in [0.05, 0.1) is 17.0 Å². The lowest BCUT2D eigenvalue weighted by Crippen LogP contribution is -2.44. The van der Waals surface area contributed by atoms with Crippen molar-refractivity contribution in [3.05, 3.63) is 53.7 Å². The van der Waals surface area contributed by atoms with E-state index in [1.807, 2.05) is 0 Å². The molecule has 2 heterocycles. The Hall–Kier alpha value is -3.10. The van der Waals surface area contributed by atoms with Gasteiger partial charge in [0.1, 0.15) is 5.82 Å². The first-order chi connectivity index (χ1) is 13.3. The van der Waals surface area contributed by atoms with Gasteiger partial charge in [-0.15, -0.1) is 0 Å². The number of nitrogens with zero attached hydrogens (tertiary/aromatic N) is 2. The Labute approximate surface area is 159 Å². The molecule has 1 aromatic heterocycles. The molecule has 1 saturated heterocycles. The van der Waals surface area contributed by atoms with Gasteiger partial charge < -0.3 is 16.0 Å². The van der Waals surface area contributed by atoms with Crippen molar-refractivity contribution in [2.45, 2.75) is 19.0 Å². The maximum Gasteiger partial charge on any atom is 0.416 e. The second-order valence-electron chi connectivity index (χ2n) is 6.60. The first kappa shape index (κ1) is 19.7. The van der Waals surface area contributed by atoms with Gasteiger partial charge in [-0.05, 0) is 43.2 Å². The number of primary amides is 1. The lowest BCUT2D eigenvalue weighted by molar-refractivity contribution is -0.137. The van der Waals surface area contributed by atoms with Crippen LogP contribution in [0.3, 0.4) is 0 Å². The summed E-state index contributed by atoms with van der Waals surface area (Å²) < 4.78 is 38.8. The van der Waals surface area contributed by atoms with Crippen LogP contribution in [0.4, 0.5) is 24.7 Å². The largest absolute Gasteiger partial charge is 0.416 e. The Kier molecular flexibility index (Phi) is 5.53. The molecule has 1 aliphatic rings. The van der Waals surface area contributed by atoms with Crippen molar-refractivity contribution in [3.8, 4) is 0 Å². The lowest BCUT2D eigenvalue weighted by Gasteiger charge is -2.31. The van der Waals surface area contributed by atoms with Gasteiger partial charge in [0, 0.05) is 25.0 Å². The minimum absolute atomic E-state index is 0.146. The van der Waals surface area contributed by atoms with Crippen LogP contribution in [0.5, 0.6) is 0 Å². The summed E-state index contributed by atoms with van der Waals surface area (Å²) in [6.07, 6.45) is -1.76. The second-order valence-corrected chi connectivity index (χ2v) is 6.60. The van der Waals surface area contributed by atoms with Crippen molar-refractivity contribution in [3.63, 3.8) is 0 Å². The summed E-state index contributed by atoms with van der Waals surface area (Å²) >= 11 is 0. The first-order valence-corrected chi connectivity index (χ1v) is 8.73. The molecule has 1 fully saturated rings. The summed E-state index contributed by atoms with van der Waals surface area (Å²) in [6, 6.07) is 7.76. The van der Waals surface area contributed by atoms with Crippen LogP contribution in [0.1, 0.15) is 28.8 Å². The number of anilines is 2. The van der Waals surface area contributed by atoms with E-state index in [0.717, 1.165) is 12.1 Å². The monoisotopic (exact) mass is 392 g/mol. The zero-order valence-corrected chi connectivity index (χ0v) is 14.9. The summed E-state index contributed by atoms with van der Waals surface area (Å²) in [5.74, 6) is -1.07. The number of nitrogens with two attached hydrogens (primary N) is 1. The fourth-order valence-electron chi connectivity index (χ4n) is 3.15. The molecule has 9 heteroatoms. The third kappa shape index (κ3) is 4.41. The molecule has 1 unspecified atom stereocenters. The van der Waals surface area contributed by atoms with E-state index >= 15 is 0 Å². The number of hydrogen-bond donors (Lipinski definition) is 2. The van der Waals surface area contributed by atoms with Gasteiger partial charge in [0.25, 0.3) is 5.91 Å². The van der Waals surface area contributed by atoms with Gasteiger partial charge in [-0.3, -0.25) is 9.59 Å². The molecule has 6 nitrogen and oxygen atoms in total. The smallest absolute Gasteiger partial charge is 0.369 e. The molecule has 0 spiro atoms. The van der Waals surface area contributed by atoms with Crippen LogP contribution in [0, 0.1) is 5.92 Å². The minimum atomic E-state index is -4.47. The molecule has 1 aliphatic heterocycles. The number of nitrogens with one attached hydrogen (secondary N) is 1. The fourth-order valence-corrected chi connectivity index (χ4v) is 3.15. The minimum Gasteiger partial charge on any atom is -0.369 e. The van der Waals surface area contributed by atoms with Crippen LogP contribution in [-0.4, -0.2) is 34.8 Å². The van der Waals surface area contributed by atoms with Crippen LogP contribution in [0.2, 0.25) is 0 Å². The van der Waals surface area contributed by atoms with Crippen molar-refractivity contribution in [2.75, 3.05) is 18.4 Å². The van der Waals surface area contributed by atoms with Crippen molar-refractivity contribution >= 4 is 23.3 Å². The average Bonchev–Trinajstić information content (AvgIpc) is 2.67. The van der Waals surface area contributed by atoms with Gasteiger partial charge in [-0.1, -0.05) is 6.07 Å². The van der Waals surface area contributed by atoms with E-state index in [1.54, 1.807) is 12.1 Å². The second kappa shape index (κ2) is 7.87.